The minimum Gasteiger partial charge on any atom is -0.378 e. The Kier molecular flexibility index (Phi) is 6.44. The molecule has 2 aromatic carbocycles. The van der Waals surface area contributed by atoms with Gasteiger partial charge < -0.3 is 10.3 Å². The maximum atomic E-state index is 14.7. The molecule has 5 aliphatic rings. The Labute approximate surface area is 224 Å². The highest BCUT2D eigenvalue weighted by Crippen LogP contribution is 2.52. The molecule has 3 heterocycles. The smallest absolute Gasteiger partial charge is 0.134 e. The van der Waals surface area contributed by atoms with Crippen LogP contribution in [0.5, 0.6) is 0 Å². The third kappa shape index (κ3) is 4.24. The number of alkyl halides is 2. The van der Waals surface area contributed by atoms with E-state index in [0.29, 0.717) is 38.1 Å². The third-order valence-electron chi connectivity index (χ3n) is 10.0. The summed E-state index contributed by atoms with van der Waals surface area (Å²) < 4.78 is 27.3. The van der Waals surface area contributed by atoms with Crippen molar-refractivity contribution in [3.05, 3.63) is 65.4 Å². The Morgan fingerprint density at radius 1 is 1.03 bits per heavy atom. The number of aromatic amines is 1. The van der Waals surface area contributed by atoms with Gasteiger partial charge in [0.05, 0.1) is 18.8 Å². The topological polar surface area (TPSA) is 34.3 Å². The molecule has 2 aliphatic heterocycles. The van der Waals surface area contributed by atoms with Crippen molar-refractivity contribution in [2.45, 2.75) is 75.8 Å². The lowest BCUT2D eigenvalue weighted by Gasteiger charge is -2.55. The minimum absolute atomic E-state index is 0.203. The summed E-state index contributed by atoms with van der Waals surface area (Å²) in [6.07, 6.45) is 6.10. The summed E-state index contributed by atoms with van der Waals surface area (Å²) in [5, 5.41) is 4.79. The van der Waals surface area contributed by atoms with Gasteiger partial charge in [-0.25, -0.2) is 4.39 Å². The molecule has 202 valence electrons. The van der Waals surface area contributed by atoms with E-state index < -0.39 is 6.17 Å². The van der Waals surface area contributed by atoms with E-state index in [4.69, 9.17) is 0 Å². The zero-order chi connectivity index (χ0) is 25.8. The fourth-order valence-electron chi connectivity index (χ4n) is 8.13. The molecule has 2 bridgehead atoms. The van der Waals surface area contributed by atoms with Gasteiger partial charge in [-0.15, -0.1) is 0 Å². The van der Waals surface area contributed by atoms with Crippen molar-refractivity contribution in [3.63, 3.8) is 0 Å². The van der Waals surface area contributed by atoms with Crippen LogP contribution in [-0.4, -0.2) is 65.4 Å². The van der Waals surface area contributed by atoms with Crippen LogP contribution in [0.15, 0.2) is 48.5 Å². The van der Waals surface area contributed by atoms with Crippen molar-refractivity contribution in [2.24, 2.45) is 11.8 Å². The van der Waals surface area contributed by atoms with Crippen molar-refractivity contribution in [2.75, 3.05) is 31.6 Å². The number of likely N-dealkylation sites (tertiary alicyclic amines) is 1. The van der Waals surface area contributed by atoms with Gasteiger partial charge in [-0.3, -0.25) is 14.2 Å². The number of anilines is 1. The van der Waals surface area contributed by atoms with E-state index in [1.165, 1.54) is 53.4 Å². The molecule has 1 aromatic heterocycles. The summed E-state index contributed by atoms with van der Waals surface area (Å²) in [6.45, 7) is 3.72. The van der Waals surface area contributed by atoms with Gasteiger partial charge in [0.25, 0.3) is 0 Å². The number of aromatic nitrogens is 1. The maximum Gasteiger partial charge on any atom is 0.134 e. The molecule has 2 N–H and O–H groups in total. The summed E-state index contributed by atoms with van der Waals surface area (Å²) in [7, 11) is 0. The van der Waals surface area contributed by atoms with E-state index in [1.54, 1.807) is 0 Å². The first-order valence-electron chi connectivity index (χ1n) is 14.7. The first-order valence-corrected chi connectivity index (χ1v) is 14.7. The van der Waals surface area contributed by atoms with Crippen LogP contribution in [-0.2, 0) is 6.42 Å². The van der Waals surface area contributed by atoms with E-state index in [-0.39, 0.29) is 18.8 Å². The number of benzene rings is 2. The molecule has 5 atom stereocenters. The number of para-hydroxylation sites is 1. The summed E-state index contributed by atoms with van der Waals surface area (Å²) in [4.78, 5) is 8.72. The molecule has 3 aliphatic carbocycles. The van der Waals surface area contributed by atoms with Crippen molar-refractivity contribution < 1.29 is 8.78 Å². The number of halogens is 2. The highest BCUT2D eigenvalue weighted by molar-refractivity contribution is 5.85. The zero-order valence-corrected chi connectivity index (χ0v) is 22.4. The van der Waals surface area contributed by atoms with Crippen molar-refractivity contribution in [1.82, 2.24) is 14.8 Å². The molecular weight excluding hydrogens is 478 g/mol. The molecule has 0 unspecified atom stereocenters. The number of nitrogens with one attached hydrogen (secondary N) is 2. The van der Waals surface area contributed by atoms with Crippen LogP contribution < -0.4 is 5.32 Å². The molecule has 0 radical (unpaired) electrons. The second-order valence-corrected chi connectivity index (χ2v) is 12.4. The second kappa shape index (κ2) is 9.95. The predicted octanol–water partition coefficient (Wildman–Crippen LogP) is 6.49. The van der Waals surface area contributed by atoms with Gasteiger partial charge in [-0.1, -0.05) is 30.3 Å². The number of H-pyrrole nitrogens is 1. The Morgan fingerprint density at radius 2 is 1.84 bits per heavy atom. The number of hydrogen-bond acceptors (Lipinski definition) is 3. The first-order chi connectivity index (χ1) is 18.6. The van der Waals surface area contributed by atoms with E-state index >= 15 is 0 Å². The Bertz CT molecular complexity index is 1260. The summed E-state index contributed by atoms with van der Waals surface area (Å²) >= 11 is 0. The average molecular weight is 519 g/mol. The monoisotopic (exact) mass is 518 g/mol. The normalized spacial score (nSPS) is 33.3. The second-order valence-electron chi connectivity index (χ2n) is 12.4. The van der Waals surface area contributed by atoms with Gasteiger partial charge in [0.15, 0.2) is 0 Å². The van der Waals surface area contributed by atoms with Gasteiger partial charge in [0.1, 0.15) is 6.17 Å². The predicted molar refractivity (Wildman–Crippen MR) is 150 cm³/mol. The molecule has 1 saturated heterocycles. The summed E-state index contributed by atoms with van der Waals surface area (Å²) in [6, 6.07) is 18.6. The van der Waals surface area contributed by atoms with Gasteiger partial charge >= 0.3 is 0 Å². The van der Waals surface area contributed by atoms with Crippen LogP contribution >= 0.6 is 0 Å². The molecule has 4 fully saturated rings. The van der Waals surface area contributed by atoms with Crippen LogP contribution in [0.2, 0.25) is 0 Å². The highest BCUT2D eigenvalue weighted by atomic mass is 19.1. The lowest BCUT2D eigenvalue weighted by Crippen LogP contribution is -2.56. The van der Waals surface area contributed by atoms with E-state index in [1.807, 2.05) is 4.90 Å². The molecule has 0 amide bonds. The SMILES string of the molecule is C[C@@H]1Cc2c([nH]c3ccccc23)[C@@H](c2ccc(N[C@H]3CN(CCCF)C[C@H]3F)cc2)N1[C@@H]1CCC2CC1C2. The van der Waals surface area contributed by atoms with Gasteiger partial charge in [0.2, 0.25) is 0 Å². The van der Waals surface area contributed by atoms with Gasteiger partial charge in [-0.05, 0) is 86.6 Å². The van der Waals surface area contributed by atoms with Crippen molar-refractivity contribution in [1.29, 1.82) is 0 Å². The first kappa shape index (κ1) is 24.6. The maximum absolute atomic E-state index is 14.7. The molecule has 4 nitrogen and oxygen atoms in total. The number of hydrogen-bond donors (Lipinski definition) is 2. The van der Waals surface area contributed by atoms with Crippen LogP contribution in [0.1, 0.15) is 61.9 Å². The lowest BCUT2D eigenvalue weighted by molar-refractivity contribution is -0.0356. The summed E-state index contributed by atoms with van der Waals surface area (Å²) in [5.74, 6) is 1.79. The molecule has 0 spiro atoms. The standard InChI is InChI=1S/C32H40F2N4/c1-20-15-26-25-5-2-3-6-28(25)36-31(26)32(38(20)30-12-7-21-16-23(30)17-21)22-8-10-24(11-9-22)35-29-19-37(14-4-13-33)18-27(29)34/h2-3,5-6,8-11,20-21,23,27,29-30,32,35-36H,4,7,12-19H2,1H3/t20-,21?,23?,27-,29+,30-,32-/m1/s1. The molecule has 8 rings (SSSR count). The lowest BCUT2D eigenvalue weighted by atomic mass is 9.61. The molecule has 6 heteroatoms. The van der Waals surface area contributed by atoms with E-state index in [0.717, 1.165) is 23.9 Å². The van der Waals surface area contributed by atoms with Crippen molar-refractivity contribution >= 4 is 16.6 Å². The molecule has 3 aromatic rings. The largest absolute Gasteiger partial charge is 0.378 e. The fraction of sp³-hybridized carbons (Fsp3) is 0.562. The van der Waals surface area contributed by atoms with Crippen LogP contribution in [0.4, 0.5) is 14.5 Å². The molecule has 3 saturated carbocycles. The van der Waals surface area contributed by atoms with Gasteiger partial charge in [-0.2, -0.15) is 0 Å². The van der Waals surface area contributed by atoms with Crippen LogP contribution in [0.25, 0.3) is 10.9 Å². The fourth-order valence-corrected chi connectivity index (χ4v) is 8.13. The van der Waals surface area contributed by atoms with E-state index in [2.05, 4.69) is 70.7 Å². The Morgan fingerprint density at radius 3 is 2.61 bits per heavy atom. The third-order valence-corrected chi connectivity index (χ3v) is 10.0. The number of rotatable bonds is 7. The van der Waals surface area contributed by atoms with Crippen LogP contribution in [0, 0.1) is 11.8 Å². The Hall–Kier alpha value is -2.44. The molecule has 38 heavy (non-hydrogen) atoms. The number of fused-ring (bicyclic) bond motifs is 5. The minimum atomic E-state index is -0.935. The van der Waals surface area contributed by atoms with E-state index in [9.17, 15) is 8.78 Å². The zero-order valence-electron chi connectivity index (χ0n) is 22.4. The number of nitrogens with zero attached hydrogens (tertiary/aromatic N) is 2. The quantitative estimate of drug-likeness (QED) is 0.375. The van der Waals surface area contributed by atoms with Crippen molar-refractivity contribution in [3.8, 4) is 0 Å². The highest BCUT2D eigenvalue weighted by Gasteiger charge is 2.48. The van der Waals surface area contributed by atoms with Gasteiger partial charge in [0, 0.05) is 54.0 Å². The molecular formula is C32H40F2N4. The average Bonchev–Trinajstić information content (AvgIpc) is 3.46. The van der Waals surface area contributed by atoms with Crippen LogP contribution in [0.3, 0.4) is 0 Å². The Balaban J connectivity index is 1.19. The summed E-state index contributed by atoms with van der Waals surface area (Å²) in [5.41, 5.74) is 6.33.